The highest BCUT2D eigenvalue weighted by Crippen LogP contribution is 2.31. The number of hydrogen-bond donors (Lipinski definition) is 1. The first-order valence-corrected chi connectivity index (χ1v) is 5.75. The maximum absolute atomic E-state index is 11.7. The lowest BCUT2D eigenvalue weighted by Crippen LogP contribution is -2.34. The normalized spacial score (nSPS) is 22.9. The van der Waals surface area contributed by atoms with Gasteiger partial charge in [-0.3, -0.25) is 9.59 Å². The number of aliphatic carboxylic acids is 1. The molecule has 0 amide bonds. The Balaban J connectivity index is 2.45. The van der Waals surface area contributed by atoms with E-state index in [4.69, 9.17) is 9.84 Å². The lowest BCUT2D eigenvalue weighted by Gasteiger charge is -2.26. The number of carboxylic acid groups (broad SMARTS) is 1. The second kappa shape index (κ2) is 6.78. The Kier molecular flexibility index (Phi) is 5.35. The van der Waals surface area contributed by atoms with E-state index in [1.165, 1.54) is 0 Å². The number of carboxylic acids is 1. The second-order valence-corrected chi connectivity index (χ2v) is 4.08. The largest absolute Gasteiger partial charge is 0.481 e. The first-order valence-electron chi connectivity index (χ1n) is 5.75. The lowest BCUT2D eigenvalue weighted by atomic mass is 9.79. The van der Waals surface area contributed by atoms with Crippen LogP contribution in [0.4, 0.5) is 0 Å². The van der Waals surface area contributed by atoms with Gasteiger partial charge in [0.25, 0.3) is 0 Å². The van der Waals surface area contributed by atoms with E-state index in [0.29, 0.717) is 12.8 Å². The molecule has 18 heavy (non-hydrogen) atoms. The summed E-state index contributed by atoms with van der Waals surface area (Å²) in [4.78, 5) is 33.4. The summed E-state index contributed by atoms with van der Waals surface area (Å²) in [5.74, 6) is -3.67. The van der Waals surface area contributed by atoms with Crippen molar-refractivity contribution >= 4 is 17.9 Å². The number of rotatable bonds is 5. The third kappa shape index (κ3) is 3.87. The minimum absolute atomic E-state index is 0.474. The van der Waals surface area contributed by atoms with Gasteiger partial charge in [-0.15, -0.1) is 0 Å². The summed E-state index contributed by atoms with van der Waals surface area (Å²) < 4.78 is 9.24. The molecule has 0 aromatic rings. The van der Waals surface area contributed by atoms with Crippen LogP contribution >= 0.6 is 0 Å². The van der Waals surface area contributed by atoms with Crippen molar-refractivity contribution in [2.75, 3.05) is 6.79 Å². The molecule has 0 aliphatic heterocycles. The van der Waals surface area contributed by atoms with E-state index in [2.05, 4.69) is 11.3 Å². The fraction of sp³-hybridized carbons (Fsp3) is 0.583. The quantitative estimate of drug-likeness (QED) is 0.450. The third-order valence-electron chi connectivity index (χ3n) is 2.95. The van der Waals surface area contributed by atoms with Crippen molar-refractivity contribution in [2.24, 2.45) is 11.8 Å². The Morgan fingerprint density at radius 3 is 2.33 bits per heavy atom. The van der Waals surface area contributed by atoms with E-state index in [-0.39, 0.29) is 0 Å². The van der Waals surface area contributed by atoms with E-state index < -0.39 is 36.5 Å². The SMILES string of the molecule is C=CC(=O)OCOC(=O)C1CCCCC1C(=O)O. The molecule has 6 heteroatoms. The van der Waals surface area contributed by atoms with Crippen molar-refractivity contribution in [3.63, 3.8) is 0 Å². The molecule has 6 nitrogen and oxygen atoms in total. The molecule has 1 aliphatic carbocycles. The van der Waals surface area contributed by atoms with Gasteiger partial charge in [0.1, 0.15) is 0 Å². The molecule has 2 unspecified atom stereocenters. The number of hydrogen-bond acceptors (Lipinski definition) is 5. The molecule has 0 bridgehead atoms. The van der Waals surface area contributed by atoms with Crippen molar-refractivity contribution in [1.82, 2.24) is 0 Å². The van der Waals surface area contributed by atoms with E-state index >= 15 is 0 Å². The maximum Gasteiger partial charge on any atom is 0.333 e. The molecule has 1 saturated carbocycles. The van der Waals surface area contributed by atoms with E-state index in [0.717, 1.165) is 18.9 Å². The predicted octanol–water partition coefficient (Wildman–Crippen LogP) is 1.11. The molecule has 0 spiro atoms. The predicted molar refractivity (Wildman–Crippen MR) is 60.3 cm³/mol. The Hall–Kier alpha value is -1.85. The van der Waals surface area contributed by atoms with Crippen LogP contribution in [-0.4, -0.2) is 29.8 Å². The Bertz CT molecular complexity index is 348. The Morgan fingerprint density at radius 2 is 1.78 bits per heavy atom. The zero-order chi connectivity index (χ0) is 13.5. The van der Waals surface area contributed by atoms with Crippen LogP contribution < -0.4 is 0 Å². The molecule has 0 aromatic heterocycles. The molecule has 0 radical (unpaired) electrons. The average Bonchev–Trinajstić information content (AvgIpc) is 2.38. The van der Waals surface area contributed by atoms with Gasteiger partial charge in [-0.25, -0.2) is 4.79 Å². The monoisotopic (exact) mass is 256 g/mol. The molecule has 0 saturated heterocycles. The van der Waals surface area contributed by atoms with Gasteiger partial charge in [0.2, 0.25) is 6.79 Å². The van der Waals surface area contributed by atoms with Gasteiger partial charge < -0.3 is 14.6 Å². The van der Waals surface area contributed by atoms with Gasteiger partial charge in [0.15, 0.2) is 0 Å². The van der Waals surface area contributed by atoms with Crippen LogP contribution in [0, 0.1) is 11.8 Å². The zero-order valence-corrected chi connectivity index (χ0v) is 9.96. The van der Waals surface area contributed by atoms with Crippen LogP contribution in [0.3, 0.4) is 0 Å². The first kappa shape index (κ1) is 14.2. The maximum atomic E-state index is 11.7. The van der Waals surface area contributed by atoms with Crippen LogP contribution in [0.15, 0.2) is 12.7 Å². The summed E-state index contributed by atoms with van der Waals surface area (Å²) in [5.41, 5.74) is 0. The van der Waals surface area contributed by atoms with Gasteiger partial charge in [-0.2, -0.15) is 0 Å². The summed E-state index contributed by atoms with van der Waals surface area (Å²) in [7, 11) is 0. The van der Waals surface area contributed by atoms with Crippen molar-refractivity contribution in [3.05, 3.63) is 12.7 Å². The van der Waals surface area contributed by atoms with E-state index in [1.807, 2.05) is 0 Å². The Morgan fingerprint density at radius 1 is 1.17 bits per heavy atom. The molecule has 1 aliphatic rings. The summed E-state index contributed by atoms with van der Waals surface area (Å²) >= 11 is 0. The summed E-state index contributed by atoms with van der Waals surface area (Å²) in [5, 5.41) is 9.00. The minimum Gasteiger partial charge on any atom is -0.481 e. The summed E-state index contributed by atoms with van der Waals surface area (Å²) in [6.45, 7) is 2.68. The molecular weight excluding hydrogens is 240 g/mol. The topological polar surface area (TPSA) is 89.9 Å². The standard InChI is InChI=1S/C12H16O6/c1-2-10(13)17-7-18-12(16)9-6-4-3-5-8(9)11(14)15/h2,8-9H,1,3-7H2,(H,14,15). The molecule has 2 atom stereocenters. The molecule has 1 fully saturated rings. The number of carbonyl (C=O) groups excluding carboxylic acids is 2. The van der Waals surface area contributed by atoms with E-state index in [1.54, 1.807) is 0 Å². The van der Waals surface area contributed by atoms with Gasteiger partial charge in [0, 0.05) is 6.08 Å². The van der Waals surface area contributed by atoms with Gasteiger partial charge in [-0.05, 0) is 12.8 Å². The molecule has 100 valence electrons. The number of ether oxygens (including phenoxy) is 2. The van der Waals surface area contributed by atoms with Crippen LogP contribution in [0.1, 0.15) is 25.7 Å². The van der Waals surface area contributed by atoms with Crippen molar-refractivity contribution in [2.45, 2.75) is 25.7 Å². The zero-order valence-electron chi connectivity index (χ0n) is 9.96. The van der Waals surface area contributed by atoms with Crippen LogP contribution in [0.5, 0.6) is 0 Å². The van der Waals surface area contributed by atoms with Gasteiger partial charge in [-0.1, -0.05) is 19.4 Å². The molecule has 0 aromatic carbocycles. The average molecular weight is 256 g/mol. The summed E-state index contributed by atoms with van der Waals surface area (Å²) in [6, 6.07) is 0. The highest BCUT2D eigenvalue weighted by atomic mass is 16.7. The second-order valence-electron chi connectivity index (χ2n) is 4.08. The highest BCUT2D eigenvalue weighted by molar-refractivity contribution is 5.82. The molecular formula is C12H16O6. The molecule has 0 heterocycles. The van der Waals surface area contributed by atoms with Gasteiger partial charge >= 0.3 is 17.9 Å². The van der Waals surface area contributed by atoms with Crippen molar-refractivity contribution in [3.8, 4) is 0 Å². The van der Waals surface area contributed by atoms with Crippen molar-refractivity contribution < 1.29 is 29.0 Å². The fourth-order valence-electron chi connectivity index (χ4n) is 2.02. The van der Waals surface area contributed by atoms with Crippen LogP contribution in [-0.2, 0) is 23.9 Å². The van der Waals surface area contributed by atoms with Crippen molar-refractivity contribution in [1.29, 1.82) is 0 Å². The molecule has 1 N–H and O–H groups in total. The third-order valence-corrected chi connectivity index (χ3v) is 2.95. The van der Waals surface area contributed by atoms with E-state index in [9.17, 15) is 14.4 Å². The fourth-order valence-corrected chi connectivity index (χ4v) is 2.02. The number of esters is 2. The Labute approximate surface area is 105 Å². The lowest BCUT2D eigenvalue weighted by molar-refractivity contribution is -0.172. The molecule has 1 rings (SSSR count). The highest BCUT2D eigenvalue weighted by Gasteiger charge is 2.36. The summed E-state index contributed by atoms with van der Waals surface area (Å²) in [6.07, 6.45) is 3.52. The first-order chi connectivity index (χ1) is 8.56. The number of carbonyl (C=O) groups is 3. The van der Waals surface area contributed by atoms with Gasteiger partial charge in [0.05, 0.1) is 11.8 Å². The smallest absolute Gasteiger partial charge is 0.333 e. The van der Waals surface area contributed by atoms with Crippen LogP contribution in [0.25, 0.3) is 0 Å². The van der Waals surface area contributed by atoms with Crippen LogP contribution in [0.2, 0.25) is 0 Å². The minimum atomic E-state index is -0.986.